The lowest BCUT2D eigenvalue weighted by Crippen LogP contribution is -2.38. The summed E-state index contributed by atoms with van der Waals surface area (Å²) in [5.41, 5.74) is 1.82. The molecule has 1 N–H and O–H groups in total. The molecule has 0 bridgehead atoms. The number of rotatable bonds is 8. The van der Waals surface area contributed by atoms with Crippen LogP contribution in [0.3, 0.4) is 0 Å². The van der Waals surface area contributed by atoms with Crippen LogP contribution < -0.4 is 0 Å². The number of hydrogen-bond acceptors (Lipinski definition) is 5. The van der Waals surface area contributed by atoms with Gasteiger partial charge in [0.15, 0.2) is 0 Å². The summed E-state index contributed by atoms with van der Waals surface area (Å²) in [5.74, 6) is 0.653. The highest BCUT2D eigenvalue weighted by Crippen LogP contribution is 2.60. The number of alkyl halides is 1. The number of carbonyl (C=O) groups is 2. The molecule has 0 heterocycles. The number of hydrogen-bond donors (Lipinski definition) is 1. The lowest BCUT2D eigenvalue weighted by Gasteiger charge is -2.44. The number of ether oxygens (including phenoxy) is 2. The Morgan fingerprint density at radius 3 is 2.54 bits per heavy atom. The smallest absolute Gasteiger partial charge is 0.303 e. The molecule has 0 spiro atoms. The molecule has 0 aromatic heterocycles. The van der Waals surface area contributed by atoms with Gasteiger partial charge in [-0.2, -0.15) is 0 Å². The van der Waals surface area contributed by atoms with Gasteiger partial charge in [-0.1, -0.05) is 38.2 Å². The minimum atomic E-state index is -1.56. The Morgan fingerprint density at radius 1 is 1.22 bits per heavy atom. The number of esters is 2. The van der Waals surface area contributed by atoms with E-state index in [1.165, 1.54) is 39.7 Å². The van der Waals surface area contributed by atoms with Crippen LogP contribution in [-0.4, -0.2) is 41.0 Å². The van der Waals surface area contributed by atoms with Crippen molar-refractivity contribution in [3.63, 3.8) is 0 Å². The Balaban J connectivity index is 1.72. The van der Waals surface area contributed by atoms with Crippen molar-refractivity contribution in [2.75, 3.05) is 0 Å². The predicted molar refractivity (Wildman–Crippen MR) is 143 cm³/mol. The number of aliphatic hydroxyl groups is 1. The fraction of sp³-hybridized carbons (Fsp3) is 0.742. The van der Waals surface area contributed by atoms with Crippen LogP contribution in [0.2, 0.25) is 0 Å². The van der Waals surface area contributed by atoms with Crippen LogP contribution >= 0.6 is 0 Å². The number of aliphatic hydroxyl groups excluding tert-OH is 1. The normalized spacial score (nSPS) is 34.2. The van der Waals surface area contributed by atoms with Gasteiger partial charge in [0.25, 0.3) is 0 Å². The highest BCUT2D eigenvalue weighted by atomic mass is 19.1. The molecule has 0 aliphatic heterocycles. The van der Waals surface area contributed by atoms with Crippen molar-refractivity contribution in [3.8, 4) is 0 Å². The van der Waals surface area contributed by atoms with Crippen LogP contribution in [0.5, 0.6) is 0 Å². The number of fused-ring (bicyclic) bond motifs is 1. The minimum Gasteiger partial charge on any atom is -0.459 e. The topological polar surface area (TPSA) is 72.8 Å². The molecule has 0 aromatic carbocycles. The standard InChI is InChI=1S/C31H47FO5/c1-19(10-15-29(30(5,6)32)37-22(4)34)26-13-14-27-23(9-8-16-31(26,27)7)11-12-24-17-25(35)18-28(20(24)2)36-21(3)33/h11-12,19,25-29,35H,2,8-10,13-18H2,1,3-7H3/b23-11?,24-12-/t19-,25-,26-,27?,28-,29?,31-/m1/s1. The SMILES string of the molecule is C=C1/C(=C\C=C2CCC[C@@]3(C)C2CC[C@@H]3[C@H](C)CCC(OC(C)=O)C(C)(C)F)C[C@@H](O)C[C@H]1OC(C)=O. The summed E-state index contributed by atoms with van der Waals surface area (Å²) in [4.78, 5) is 23.0. The quantitative estimate of drug-likeness (QED) is 0.358. The second-order valence-corrected chi connectivity index (χ2v) is 12.5. The van der Waals surface area contributed by atoms with Crippen molar-refractivity contribution >= 4 is 11.9 Å². The molecule has 5 nitrogen and oxygen atoms in total. The molecule has 0 saturated heterocycles. The summed E-state index contributed by atoms with van der Waals surface area (Å²) in [7, 11) is 0. The zero-order valence-corrected chi connectivity index (χ0v) is 23.6. The maximum absolute atomic E-state index is 14.7. The Hall–Kier alpha value is -1.95. The van der Waals surface area contributed by atoms with E-state index < -0.39 is 29.9 Å². The number of allylic oxidation sites excluding steroid dienone is 3. The van der Waals surface area contributed by atoms with Gasteiger partial charge in [-0.25, -0.2) is 4.39 Å². The fourth-order valence-electron chi connectivity index (χ4n) is 7.34. The second kappa shape index (κ2) is 11.8. The molecule has 3 aliphatic carbocycles. The van der Waals surface area contributed by atoms with Gasteiger partial charge in [-0.15, -0.1) is 0 Å². The third kappa shape index (κ3) is 7.13. The molecule has 3 fully saturated rings. The van der Waals surface area contributed by atoms with Crippen LogP contribution in [0, 0.1) is 23.2 Å². The van der Waals surface area contributed by atoms with Gasteiger partial charge in [0.05, 0.1) is 6.10 Å². The van der Waals surface area contributed by atoms with E-state index in [0.717, 1.165) is 43.3 Å². The van der Waals surface area contributed by atoms with E-state index >= 15 is 0 Å². The summed E-state index contributed by atoms with van der Waals surface area (Å²) >= 11 is 0. The van der Waals surface area contributed by atoms with Crippen molar-refractivity contribution in [1.29, 1.82) is 0 Å². The monoisotopic (exact) mass is 518 g/mol. The minimum absolute atomic E-state index is 0.188. The first-order valence-electron chi connectivity index (χ1n) is 14.0. The fourth-order valence-corrected chi connectivity index (χ4v) is 7.34. The molecular weight excluding hydrogens is 471 g/mol. The van der Waals surface area contributed by atoms with Crippen molar-refractivity contribution in [2.45, 2.75) is 123 Å². The highest BCUT2D eigenvalue weighted by Gasteiger charge is 2.50. The van der Waals surface area contributed by atoms with Gasteiger partial charge in [0, 0.05) is 20.3 Å². The summed E-state index contributed by atoms with van der Waals surface area (Å²) < 4.78 is 25.4. The van der Waals surface area contributed by atoms with E-state index in [9.17, 15) is 19.1 Å². The average molecular weight is 519 g/mol. The predicted octanol–water partition coefficient (Wildman–Crippen LogP) is 6.79. The summed E-state index contributed by atoms with van der Waals surface area (Å²) in [6.07, 6.45) is 10.5. The van der Waals surface area contributed by atoms with Gasteiger partial charge < -0.3 is 14.6 Å². The molecule has 2 unspecified atom stereocenters. The maximum Gasteiger partial charge on any atom is 0.303 e. The number of carbonyl (C=O) groups excluding carboxylic acids is 2. The first-order valence-corrected chi connectivity index (χ1v) is 14.0. The summed E-state index contributed by atoms with van der Waals surface area (Å²) in [5, 5.41) is 10.3. The number of halogens is 1. The van der Waals surface area contributed by atoms with Crippen LogP contribution in [-0.2, 0) is 19.1 Å². The Morgan fingerprint density at radius 2 is 1.92 bits per heavy atom. The van der Waals surface area contributed by atoms with Gasteiger partial charge in [0.1, 0.15) is 17.9 Å². The molecule has 3 aliphatic rings. The first-order chi connectivity index (χ1) is 17.2. The molecule has 0 radical (unpaired) electrons. The van der Waals surface area contributed by atoms with Crippen molar-refractivity contribution in [2.24, 2.45) is 23.2 Å². The molecule has 37 heavy (non-hydrogen) atoms. The van der Waals surface area contributed by atoms with Crippen LogP contribution in [0.25, 0.3) is 0 Å². The average Bonchev–Trinajstić information content (AvgIpc) is 3.14. The molecule has 3 saturated carbocycles. The summed E-state index contributed by atoms with van der Waals surface area (Å²) in [6, 6.07) is 0. The molecular formula is C31H47FO5. The van der Waals surface area contributed by atoms with Gasteiger partial charge >= 0.3 is 11.9 Å². The lowest BCUT2D eigenvalue weighted by molar-refractivity contribution is -0.154. The van der Waals surface area contributed by atoms with Crippen molar-refractivity contribution in [1.82, 2.24) is 0 Å². The van der Waals surface area contributed by atoms with Crippen LogP contribution in [0.1, 0.15) is 99.3 Å². The van der Waals surface area contributed by atoms with Gasteiger partial charge in [-0.3, -0.25) is 9.59 Å². The molecule has 0 aromatic rings. The van der Waals surface area contributed by atoms with E-state index in [1.807, 2.05) is 0 Å². The first kappa shape index (κ1) is 29.6. The summed E-state index contributed by atoms with van der Waals surface area (Å²) in [6.45, 7) is 14.6. The third-order valence-electron chi connectivity index (χ3n) is 9.23. The molecule has 0 amide bonds. The largest absolute Gasteiger partial charge is 0.459 e. The second-order valence-electron chi connectivity index (χ2n) is 12.5. The highest BCUT2D eigenvalue weighted by molar-refractivity contribution is 5.67. The Labute approximate surface area is 222 Å². The molecule has 7 atom stereocenters. The maximum atomic E-state index is 14.7. The molecule has 3 rings (SSSR count). The van der Waals surface area contributed by atoms with Gasteiger partial charge in [0.2, 0.25) is 0 Å². The van der Waals surface area contributed by atoms with Crippen molar-refractivity contribution in [3.05, 3.63) is 35.5 Å². The van der Waals surface area contributed by atoms with E-state index in [1.54, 1.807) is 0 Å². The van der Waals surface area contributed by atoms with Gasteiger partial charge in [-0.05, 0) is 99.5 Å². The Bertz CT molecular complexity index is 928. The van der Waals surface area contributed by atoms with Crippen LogP contribution in [0.15, 0.2) is 35.5 Å². The zero-order chi connectivity index (χ0) is 27.5. The van der Waals surface area contributed by atoms with Crippen LogP contribution in [0.4, 0.5) is 4.39 Å². The molecule has 6 heteroatoms. The molecule has 208 valence electrons. The van der Waals surface area contributed by atoms with E-state index in [-0.39, 0.29) is 11.4 Å². The van der Waals surface area contributed by atoms with E-state index in [0.29, 0.717) is 37.0 Å². The van der Waals surface area contributed by atoms with E-state index in [4.69, 9.17) is 9.47 Å². The van der Waals surface area contributed by atoms with E-state index in [2.05, 4.69) is 32.6 Å². The third-order valence-corrected chi connectivity index (χ3v) is 9.23. The lowest BCUT2D eigenvalue weighted by atomic mass is 9.60. The van der Waals surface area contributed by atoms with Crippen molar-refractivity contribution < 1.29 is 28.6 Å². The zero-order valence-electron chi connectivity index (χ0n) is 23.6. The Kier molecular flexibility index (Phi) is 9.47.